The summed E-state index contributed by atoms with van der Waals surface area (Å²) in [7, 11) is 0. The highest BCUT2D eigenvalue weighted by atomic mass is 16.8. The topological polar surface area (TPSA) is 159 Å². The van der Waals surface area contributed by atoms with Gasteiger partial charge >= 0.3 is 24.4 Å². The summed E-state index contributed by atoms with van der Waals surface area (Å²) in [6.07, 6.45) is -3.66. The van der Waals surface area contributed by atoms with E-state index in [9.17, 15) is 19.2 Å². The molecule has 2 atom stereocenters. The third-order valence-electron chi connectivity index (χ3n) is 3.95. The van der Waals surface area contributed by atoms with Crippen molar-refractivity contribution in [2.75, 3.05) is 13.2 Å². The number of rotatable bonds is 9. The maximum atomic E-state index is 12.3. The quantitative estimate of drug-likeness (QED) is 0.276. The molecule has 2 N–H and O–H groups in total. The summed E-state index contributed by atoms with van der Waals surface area (Å²) in [6.45, 7) is 13.1. The van der Waals surface area contributed by atoms with E-state index in [0.717, 1.165) is 0 Å². The zero-order valence-electron chi connectivity index (χ0n) is 22.6. The molecule has 208 valence electrons. The molecule has 0 saturated carbocycles. The molecule has 0 bridgehead atoms. The van der Waals surface area contributed by atoms with Gasteiger partial charge in [0.1, 0.15) is 30.0 Å². The van der Waals surface area contributed by atoms with Gasteiger partial charge in [-0.2, -0.15) is 0 Å². The van der Waals surface area contributed by atoms with E-state index >= 15 is 0 Å². The molecule has 1 rings (SSSR count). The first-order chi connectivity index (χ1) is 17.0. The van der Waals surface area contributed by atoms with Gasteiger partial charge in [0.2, 0.25) is 0 Å². The lowest BCUT2D eigenvalue weighted by Crippen LogP contribution is -2.36. The summed E-state index contributed by atoms with van der Waals surface area (Å²) in [6, 6.07) is 3.18. The Morgan fingerprint density at radius 3 is 1.89 bits per heavy atom. The maximum absolute atomic E-state index is 12.3. The minimum atomic E-state index is -1.10. The predicted octanol–water partition coefficient (Wildman–Crippen LogP) is 4.29. The second-order valence-corrected chi connectivity index (χ2v) is 9.97. The van der Waals surface area contributed by atoms with Gasteiger partial charge in [-0.3, -0.25) is 4.79 Å². The monoisotopic (exact) mass is 527 g/mol. The van der Waals surface area contributed by atoms with Crippen molar-refractivity contribution < 1.29 is 52.3 Å². The Kier molecular flexibility index (Phi) is 11.6. The van der Waals surface area contributed by atoms with Gasteiger partial charge in [-0.1, -0.05) is 6.07 Å². The molecule has 0 amide bonds. The van der Waals surface area contributed by atoms with Crippen LogP contribution in [-0.4, -0.2) is 61.0 Å². The number of esters is 1. The van der Waals surface area contributed by atoms with Gasteiger partial charge in [-0.05, 0) is 79.5 Å². The normalized spacial score (nSPS) is 13.0. The molecule has 0 heterocycles. The summed E-state index contributed by atoms with van der Waals surface area (Å²) in [5.74, 6) is -0.998. The van der Waals surface area contributed by atoms with Gasteiger partial charge in [0.05, 0.1) is 6.61 Å². The van der Waals surface area contributed by atoms with E-state index in [4.69, 9.17) is 34.2 Å². The standard InChI is InChI=1S/C25H37NO11/c1-9-31-21(28)33-15(2)14-32-20(27)17(26)12-16-10-11-18(34-22(29)36-24(3,4)5)19(13-16)35-23(30)37-25(6,7)8/h10-11,13,15,17H,9,12,14,26H2,1-8H3/t15-,17-/m0/s1. The first-order valence-electron chi connectivity index (χ1n) is 11.7. The highest BCUT2D eigenvalue weighted by Crippen LogP contribution is 2.30. The predicted molar refractivity (Wildman–Crippen MR) is 130 cm³/mol. The molecule has 0 saturated heterocycles. The molecule has 0 radical (unpaired) electrons. The van der Waals surface area contributed by atoms with E-state index in [1.807, 2.05) is 0 Å². The van der Waals surface area contributed by atoms with Crippen LogP contribution < -0.4 is 15.2 Å². The molecule has 12 nitrogen and oxygen atoms in total. The Morgan fingerprint density at radius 2 is 1.38 bits per heavy atom. The minimum absolute atomic E-state index is 0.0106. The van der Waals surface area contributed by atoms with Crippen LogP contribution in [0.4, 0.5) is 14.4 Å². The third kappa shape index (κ3) is 13.4. The second kappa shape index (κ2) is 13.7. The largest absolute Gasteiger partial charge is 0.514 e. The van der Waals surface area contributed by atoms with Crippen molar-refractivity contribution >= 4 is 24.4 Å². The van der Waals surface area contributed by atoms with E-state index in [1.54, 1.807) is 48.5 Å². The third-order valence-corrected chi connectivity index (χ3v) is 3.95. The molecule has 0 aliphatic carbocycles. The molecule has 0 fully saturated rings. The summed E-state index contributed by atoms with van der Waals surface area (Å²) < 4.78 is 35.4. The average Bonchev–Trinajstić information content (AvgIpc) is 2.71. The summed E-state index contributed by atoms with van der Waals surface area (Å²) in [4.78, 5) is 48.0. The van der Waals surface area contributed by atoms with Crippen molar-refractivity contribution in [3.8, 4) is 11.5 Å². The lowest BCUT2D eigenvalue weighted by molar-refractivity contribution is -0.148. The number of hydrogen-bond acceptors (Lipinski definition) is 12. The zero-order valence-corrected chi connectivity index (χ0v) is 22.6. The number of carbonyl (C=O) groups excluding carboxylic acids is 4. The van der Waals surface area contributed by atoms with Gasteiger partial charge in [0, 0.05) is 0 Å². The van der Waals surface area contributed by atoms with Gasteiger partial charge in [-0.25, -0.2) is 14.4 Å². The molecule has 0 aliphatic rings. The summed E-state index contributed by atoms with van der Waals surface area (Å²) >= 11 is 0. The van der Waals surface area contributed by atoms with E-state index in [2.05, 4.69) is 4.74 Å². The fraction of sp³-hybridized carbons (Fsp3) is 0.600. The molecule has 0 spiro atoms. The van der Waals surface area contributed by atoms with E-state index in [0.29, 0.717) is 5.56 Å². The fourth-order valence-electron chi connectivity index (χ4n) is 2.56. The Hall–Kier alpha value is -3.54. The van der Waals surface area contributed by atoms with Crippen LogP contribution in [0.15, 0.2) is 18.2 Å². The summed E-state index contributed by atoms with van der Waals surface area (Å²) in [5, 5.41) is 0. The van der Waals surface area contributed by atoms with Crippen molar-refractivity contribution in [3.05, 3.63) is 23.8 Å². The molecule has 1 aromatic rings. The number of ether oxygens (including phenoxy) is 7. The van der Waals surface area contributed by atoms with Crippen molar-refractivity contribution in [2.24, 2.45) is 5.73 Å². The second-order valence-electron chi connectivity index (χ2n) is 9.97. The van der Waals surface area contributed by atoms with Crippen LogP contribution in [0.2, 0.25) is 0 Å². The van der Waals surface area contributed by atoms with Crippen molar-refractivity contribution in [1.29, 1.82) is 0 Å². The lowest BCUT2D eigenvalue weighted by atomic mass is 10.1. The van der Waals surface area contributed by atoms with Crippen LogP contribution in [-0.2, 0) is 34.9 Å². The van der Waals surface area contributed by atoms with Crippen LogP contribution in [0.5, 0.6) is 11.5 Å². The number of carbonyl (C=O) groups is 4. The molecular weight excluding hydrogens is 490 g/mol. The zero-order chi connectivity index (χ0) is 28.4. The van der Waals surface area contributed by atoms with Gasteiger partial charge in [0.15, 0.2) is 11.5 Å². The SMILES string of the molecule is CCOC(=O)O[C@@H](C)COC(=O)[C@@H](N)Cc1ccc(OC(=O)OC(C)(C)C)c(OC(=O)OC(C)(C)C)c1. The Balaban J connectivity index is 2.94. The lowest BCUT2D eigenvalue weighted by Gasteiger charge is -2.21. The smallest absolute Gasteiger partial charge is 0.461 e. The summed E-state index contributed by atoms with van der Waals surface area (Å²) in [5.41, 5.74) is 4.79. The molecule has 1 aromatic carbocycles. The average molecular weight is 528 g/mol. The van der Waals surface area contributed by atoms with Crippen LogP contribution >= 0.6 is 0 Å². The Morgan fingerprint density at radius 1 is 0.838 bits per heavy atom. The van der Waals surface area contributed by atoms with Crippen LogP contribution in [0.25, 0.3) is 0 Å². The van der Waals surface area contributed by atoms with Crippen molar-refractivity contribution in [2.45, 2.75) is 85.2 Å². The number of nitrogens with two attached hydrogens (primary N) is 1. The maximum Gasteiger partial charge on any atom is 0.514 e. The Bertz CT molecular complexity index is 947. The number of benzene rings is 1. The van der Waals surface area contributed by atoms with E-state index in [1.165, 1.54) is 25.1 Å². The van der Waals surface area contributed by atoms with Crippen LogP contribution in [0.3, 0.4) is 0 Å². The minimum Gasteiger partial charge on any atom is -0.461 e. The molecule has 0 aliphatic heterocycles. The Labute approximate surface area is 216 Å². The van der Waals surface area contributed by atoms with Crippen LogP contribution in [0.1, 0.15) is 61.0 Å². The molecule has 0 aromatic heterocycles. The van der Waals surface area contributed by atoms with E-state index < -0.39 is 47.8 Å². The van der Waals surface area contributed by atoms with Crippen molar-refractivity contribution in [3.63, 3.8) is 0 Å². The number of hydrogen-bond donors (Lipinski definition) is 1. The van der Waals surface area contributed by atoms with Gasteiger partial charge in [-0.15, -0.1) is 0 Å². The van der Waals surface area contributed by atoms with Crippen molar-refractivity contribution in [1.82, 2.24) is 0 Å². The van der Waals surface area contributed by atoms with E-state index in [-0.39, 0.29) is 31.1 Å². The highest BCUT2D eigenvalue weighted by Gasteiger charge is 2.24. The fourth-order valence-corrected chi connectivity index (χ4v) is 2.56. The first-order valence-corrected chi connectivity index (χ1v) is 11.7. The first kappa shape index (κ1) is 31.5. The highest BCUT2D eigenvalue weighted by molar-refractivity contribution is 5.76. The molecule has 12 heteroatoms. The van der Waals surface area contributed by atoms with Gasteiger partial charge in [0.25, 0.3) is 0 Å². The molecule has 37 heavy (non-hydrogen) atoms. The molecule has 0 unspecified atom stereocenters. The van der Waals surface area contributed by atoms with Crippen LogP contribution in [0, 0.1) is 0 Å². The van der Waals surface area contributed by atoms with Gasteiger partial charge < -0.3 is 38.9 Å². The molecular formula is C25H37NO11.